The largest absolute Gasteiger partial charge is 0.445 e. The summed E-state index contributed by atoms with van der Waals surface area (Å²) >= 11 is 0. The summed E-state index contributed by atoms with van der Waals surface area (Å²) in [6, 6.07) is 7.26. The van der Waals surface area contributed by atoms with Crippen molar-refractivity contribution in [3.05, 3.63) is 35.4 Å². The highest BCUT2D eigenvalue weighted by Gasteiger charge is 2.46. The van der Waals surface area contributed by atoms with Gasteiger partial charge in [0.15, 0.2) is 5.60 Å². The first kappa shape index (κ1) is 20.8. The summed E-state index contributed by atoms with van der Waals surface area (Å²) in [6.45, 7) is 7.91. The Morgan fingerprint density at radius 3 is 2.33 bits per heavy atom. The Morgan fingerprint density at radius 1 is 1.03 bits per heavy atom. The van der Waals surface area contributed by atoms with Crippen LogP contribution in [0.4, 0.5) is 0 Å². The summed E-state index contributed by atoms with van der Waals surface area (Å²) in [5, 5.41) is 0. The quantitative estimate of drug-likeness (QED) is 0.692. The van der Waals surface area contributed by atoms with Crippen LogP contribution in [0.15, 0.2) is 24.3 Å². The second kappa shape index (κ2) is 8.02. The minimum Gasteiger partial charge on any atom is -0.445 e. The highest BCUT2D eigenvalue weighted by Crippen LogP contribution is 2.31. The number of ether oxygens (including phenoxy) is 2. The molecule has 0 bridgehead atoms. The smallest absolute Gasteiger partial charge is 0.339 e. The van der Waals surface area contributed by atoms with E-state index in [2.05, 4.69) is 0 Å². The van der Waals surface area contributed by atoms with Crippen LogP contribution in [-0.2, 0) is 25.5 Å². The fourth-order valence-corrected chi connectivity index (χ4v) is 4.93. The van der Waals surface area contributed by atoms with Crippen molar-refractivity contribution in [2.24, 2.45) is 5.92 Å². The van der Waals surface area contributed by atoms with Crippen LogP contribution in [0.3, 0.4) is 0 Å². The predicted octanol–water partition coefficient (Wildman–Crippen LogP) is 2.03. The molecule has 0 spiro atoms. The first-order chi connectivity index (χ1) is 14.3. The number of carbonyl (C=O) groups excluding carboxylic acids is 3. The lowest BCUT2D eigenvalue weighted by molar-refractivity contribution is -0.156. The number of hydrogen-bond acceptors (Lipinski definition) is 5. The van der Waals surface area contributed by atoms with Gasteiger partial charge in [0.2, 0.25) is 5.91 Å². The van der Waals surface area contributed by atoms with E-state index in [1.54, 1.807) is 24.0 Å². The molecule has 1 aromatic carbocycles. The molecule has 0 aromatic heterocycles. The second-order valence-electron chi connectivity index (χ2n) is 9.02. The standard InChI is InChI=1S/C23H30N2O5/c1-15-13-25(14-16(2)29-15)20(26)17-8-10-24(11-9-17)22(28)23(3)12-18-6-4-5-7-19(18)21(27)30-23/h4-7,15-17H,8-14H2,1-3H3. The summed E-state index contributed by atoms with van der Waals surface area (Å²) in [4.78, 5) is 42.2. The summed E-state index contributed by atoms with van der Waals surface area (Å²) in [5.74, 6) is -0.541. The van der Waals surface area contributed by atoms with Crippen molar-refractivity contribution in [1.82, 2.24) is 9.80 Å². The fraction of sp³-hybridized carbons (Fsp3) is 0.609. The zero-order valence-corrected chi connectivity index (χ0v) is 17.9. The van der Waals surface area contributed by atoms with Gasteiger partial charge in [-0.3, -0.25) is 9.59 Å². The molecule has 4 rings (SSSR count). The normalized spacial score (nSPS) is 29.9. The number of carbonyl (C=O) groups is 3. The number of likely N-dealkylation sites (tertiary alicyclic amines) is 1. The third-order valence-electron chi connectivity index (χ3n) is 6.40. The van der Waals surface area contributed by atoms with E-state index in [1.807, 2.05) is 30.9 Å². The molecule has 30 heavy (non-hydrogen) atoms. The van der Waals surface area contributed by atoms with E-state index in [-0.39, 0.29) is 29.9 Å². The zero-order chi connectivity index (χ0) is 21.5. The van der Waals surface area contributed by atoms with Crippen molar-refractivity contribution in [2.75, 3.05) is 26.2 Å². The maximum Gasteiger partial charge on any atom is 0.339 e. The predicted molar refractivity (Wildman–Crippen MR) is 110 cm³/mol. The number of hydrogen-bond donors (Lipinski definition) is 0. The molecule has 3 aliphatic rings. The van der Waals surface area contributed by atoms with Crippen LogP contribution >= 0.6 is 0 Å². The average molecular weight is 415 g/mol. The number of benzene rings is 1. The maximum atomic E-state index is 13.2. The Hall–Kier alpha value is -2.41. The molecule has 0 radical (unpaired) electrons. The van der Waals surface area contributed by atoms with Crippen LogP contribution in [-0.4, -0.2) is 71.6 Å². The van der Waals surface area contributed by atoms with E-state index in [9.17, 15) is 14.4 Å². The fourth-order valence-electron chi connectivity index (χ4n) is 4.93. The summed E-state index contributed by atoms with van der Waals surface area (Å²) in [5.41, 5.74) is 0.170. The molecule has 0 N–H and O–H groups in total. The molecular formula is C23H30N2O5. The highest BCUT2D eigenvalue weighted by atomic mass is 16.6. The number of esters is 1. The average Bonchev–Trinajstić information content (AvgIpc) is 2.72. The third kappa shape index (κ3) is 3.95. The Bertz CT molecular complexity index is 838. The van der Waals surface area contributed by atoms with Gasteiger partial charge in [0.05, 0.1) is 17.8 Å². The van der Waals surface area contributed by atoms with Gasteiger partial charge in [-0.15, -0.1) is 0 Å². The number of nitrogens with zero attached hydrogens (tertiary/aromatic N) is 2. The monoisotopic (exact) mass is 414 g/mol. The van der Waals surface area contributed by atoms with Crippen LogP contribution in [0.1, 0.15) is 49.5 Å². The molecule has 0 saturated carbocycles. The maximum absolute atomic E-state index is 13.2. The SMILES string of the molecule is CC1CN(C(=O)C2CCN(C(=O)C3(C)Cc4ccccc4C(=O)O3)CC2)CC(C)O1. The van der Waals surface area contributed by atoms with E-state index in [0.29, 0.717) is 51.0 Å². The van der Waals surface area contributed by atoms with Crippen molar-refractivity contribution >= 4 is 17.8 Å². The molecule has 0 aliphatic carbocycles. The van der Waals surface area contributed by atoms with Gasteiger partial charge >= 0.3 is 5.97 Å². The topological polar surface area (TPSA) is 76.2 Å². The van der Waals surface area contributed by atoms with Crippen LogP contribution in [0.2, 0.25) is 0 Å². The Morgan fingerprint density at radius 2 is 1.67 bits per heavy atom. The van der Waals surface area contributed by atoms with Crippen molar-refractivity contribution < 1.29 is 23.9 Å². The number of amides is 2. The molecule has 2 saturated heterocycles. The molecule has 2 fully saturated rings. The van der Waals surface area contributed by atoms with Crippen molar-refractivity contribution in [1.29, 1.82) is 0 Å². The number of piperidine rings is 1. The van der Waals surface area contributed by atoms with E-state index < -0.39 is 11.6 Å². The number of rotatable bonds is 2. The molecule has 2 amide bonds. The first-order valence-electron chi connectivity index (χ1n) is 10.8. The summed E-state index contributed by atoms with van der Waals surface area (Å²) in [7, 11) is 0. The van der Waals surface area contributed by atoms with E-state index >= 15 is 0 Å². The number of fused-ring (bicyclic) bond motifs is 1. The van der Waals surface area contributed by atoms with Crippen LogP contribution in [0.25, 0.3) is 0 Å². The summed E-state index contributed by atoms with van der Waals surface area (Å²) in [6.07, 6.45) is 1.72. The Labute approximate surface area is 177 Å². The van der Waals surface area contributed by atoms with E-state index in [4.69, 9.17) is 9.47 Å². The number of cyclic esters (lactones) is 1. The molecule has 3 aliphatic heterocycles. The highest BCUT2D eigenvalue weighted by molar-refractivity contribution is 5.97. The van der Waals surface area contributed by atoms with Gasteiger partial charge in [0, 0.05) is 38.5 Å². The van der Waals surface area contributed by atoms with E-state index in [0.717, 1.165) is 5.56 Å². The van der Waals surface area contributed by atoms with Crippen molar-refractivity contribution in [2.45, 2.75) is 57.8 Å². The van der Waals surface area contributed by atoms with E-state index in [1.165, 1.54) is 0 Å². The lowest BCUT2D eigenvalue weighted by Gasteiger charge is -2.41. The van der Waals surface area contributed by atoms with Crippen LogP contribution in [0, 0.1) is 5.92 Å². The van der Waals surface area contributed by atoms with Gasteiger partial charge in [-0.1, -0.05) is 18.2 Å². The number of morpholine rings is 1. The molecule has 1 aromatic rings. The minimum absolute atomic E-state index is 0.0446. The van der Waals surface area contributed by atoms with Crippen molar-refractivity contribution in [3.63, 3.8) is 0 Å². The van der Waals surface area contributed by atoms with Gasteiger partial charge < -0.3 is 19.3 Å². The third-order valence-corrected chi connectivity index (χ3v) is 6.40. The van der Waals surface area contributed by atoms with Gasteiger partial charge in [-0.25, -0.2) is 4.79 Å². The second-order valence-corrected chi connectivity index (χ2v) is 9.02. The minimum atomic E-state index is -1.20. The van der Waals surface area contributed by atoms with Gasteiger partial charge in [-0.05, 0) is 45.2 Å². The molecule has 162 valence electrons. The van der Waals surface area contributed by atoms with Gasteiger partial charge in [-0.2, -0.15) is 0 Å². The molecule has 3 atom stereocenters. The lowest BCUT2D eigenvalue weighted by atomic mass is 9.87. The zero-order valence-electron chi connectivity index (χ0n) is 17.9. The lowest BCUT2D eigenvalue weighted by Crippen LogP contribution is -2.56. The van der Waals surface area contributed by atoms with Crippen LogP contribution in [0.5, 0.6) is 0 Å². The van der Waals surface area contributed by atoms with Crippen LogP contribution < -0.4 is 0 Å². The van der Waals surface area contributed by atoms with Gasteiger partial charge in [0.1, 0.15) is 0 Å². The molecular weight excluding hydrogens is 384 g/mol. The molecule has 3 heterocycles. The first-order valence-corrected chi connectivity index (χ1v) is 10.8. The Kier molecular flexibility index (Phi) is 5.57. The van der Waals surface area contributed by atoms with Crippen molar-refractivity contribution in [3.8, 4) is 0 Å². The molecule has 7 nitrogen and oxygen atoms in total. The molecule has 3 unspecified atom stereocenters. The molecule has 7 heteroatoms. The summed E-state index contributed by atoms with van der Waals surface area (Å²) < 4.78 is 11.3. The van der Waals surface area contributed by atoms with Gasteiger partial charge in [0.25, 0.3) is 5.91 Å². The Balaban J connectivity index is 1.38.